The molecule has 0 aliphatic rings. The highest BCUT2D eigenvalue weighted by Gasteiger charge is 2.13. The summed E-state index contributed by atoms with van der Waals surface area (Å²) in [4.78, 5) is 10.2. The summed E-state index contributed by atoms with van der Waals surface area (Å²) in [5.74, 6) is 0. The van der Waals surface area contributed by atoms with Gasteiger partial charge in [-0.3, -0.25) is 8.74 Å². The van der Waals surface area contributed by atoms with E-state index in [0.29, 0.717) is 0 Å². The molecule has 6 nitrogen and oxygen atoms in total. The van der Waals surface area contributed by atoms with Gasteiger partial charge in [0.1, 0.15) is 6.61 Å². The van der Waals surface area contributed by atoms with Crippen molar-refractivity contribution in [2.45, 2.75) is 0 Å². The third kappa shape index (κ3) is 6.81. The van der Waals surface area contributed by atoms with E-state index in [0.717, 1.165) is 0 Å². The molecule has 11 heavy (non-hydrogen) atoms. The fraction of sp³-hybridized carbons (Fsp3) is 0.250. The molecule has 7 heteroatoms. The van der Waals surface area contributed by atoms with Crippen molar-refractivity contribution in [3.8, 4) is 0 Å². The Labute approximate surface area is 63.4 Å². The van der Waals surface area contributed by atoms with Gasteiger partial charge in [-0.15, -0.1) is 0 Å². The van der Waals surface area contributed by atoms with Crippen LogP contribution in [0.1, 0.15) is 0 Å². The van der Waals surface area contributed by atoms with Gasteiger partial charge in [0.25, 0.3) is 0 Å². The van der Waals surface area contributed by atoms with Crippen LogP contribution in [0.3, 0.4) is 0 Å². The summed E-state index contributed by atoms with van der Waals surface area (Å²) in [6.07, 6.45) is -0.280. The number of hydrogen-bond acceptors (Lipinski definition) is 5. The van der Waals surface area contributed by atoms with Crippen LogP contribution in [-0.2, 0) is 19.3 Å². The average molecular weight is 182 g/mol. The Kier molecular flexibility index (Phi) is 3.55. The number of ether oxygens (including phenoxy) is 1. The van der Waals surface area contributed by atoms with Gasteiger partial charge < -0.3 is 4.74 Å². The molecule has 0 unspecified atom stereocenters. The smallest absolute Gasteiger partial charge is 0.429 e. The van der Waals surface area contributed by atoms with Gasteiger partial charge in [0, 0.05) is 0 Å². The van der Waals surface area contributed by atoms with E-state index in [4.69, 9.17) is 4.55 Å². The van der Waals surface area contributed by atoms with Crippen LogP contribution in [0.4, 0.5) is 4.79 Å². The summed E-state index contributed by atoms with van der Waals surface area (Å²) in [6.45, 7) is 3.00. The second kappa shape index (κ2) is 3.94. The molecular formula is C4H6O6S. The van der Waals surface area contributed by atoms with Crippen molar-refractivity contribution in [2.24, 2.45) is 0 Å². The molecule has 0 atom stereocenters. The van der Waals surface area contributed by atoms with Crippen LogP contribution < -0.4 is 0 Å². The molecule has 0 heterocycles. The van der Waals surface area contributed by atoms with Crippen LogP contribution in [0.2, 0.25) is 0 Å². The lowest BCUT2D eigenvalue weighted by Gasteiger charge is -1.98. The Morgan fingerprint density at radius 3 is 2.55 bits per heavy atom. The fourth-order valence-corrected chi connectivity index (χ4v) is 0.457. The molecule has 1 N–H and O–H groups in total. The van der Waals surface area contributed by atoms with Crippen molar-refractivity contribution in [2.75, 3.05) is 6.61 Å². The zero-order chi connectivity index (χ0) is 8.91. The number of carbonyl (C=O) groups excluding carboxylic acids is 1. The fourth-order valence-electron chi connectivity index (χ4n) is 0.237. The van der Waals surface area contributed by atoms with Crippen LogP contribution >= 0.6 is 0 Å². The Bertz CT molecular complexity index is 239. The normalized spacial score (nSPS) is 10.3. The van der Waals surface area contributed by atoms with E-state index in [2.05, 4.69) is 15.5 Å². The van der Waals surface area contributed by atoms with Gasteiger partial charge in [-0.05, 0) is 0 Å². The SMILES string of the molecule is C=CCOC(=O)OS(=O)(=O)O. The molecule has 0 radical (unpaired) electrons. The van der Waals surface area contributed by atoms with Crippen LogP contribution in [-0.4, -0.2) is 25.7 Å². The Balaban J connectivity index is 3.80. The van der Waals surface area contributed by atoms with Gasteiger partial charge in [0.05, 0.1) is 0 Å². The topological polar surface area (TPSA) is 89.9 Å². The molecule has 0 rings (SSSR count). The van der Waals surface area contributed by atoms with Crippen molar-refractivity contribution in [3.05, 3.63) is 12.7 Å². The second-order valence-corrected chi connectivity index (χ2v) is 2.38. The van der Waals surface area contributed by atoms with Crippen molar-refractivity contribution < 1.29 is 26.7 Å². The molecule has 0 aliphatic heterocycles. The number of hydrogen-bond donors (Lipinski definition) is 1. The zero-order valence-corrected chi connectivity index (χ0v) is 6.20. The van der Waals surface area contributed by atoms with Crippen molar-refractivity contribution in [3.63, 3.8) is 0 Å². The Morgan fingerprint density at radius 2 is 2.18 bits per heavy atom. The van der Waals surface area contributed by atoms with Crippen LogP contribution in [0.5, 0.6) is 0 Å². The first-order chi connectivity index (χ1) is 4.95. The predicted molar refractivity (Wildman–Crippen MR) is 34.2 cm³/mol. The van der Waals surface area contributed by atoms with E-state index in [1.54, 1.807) is 0 Å². The maximum Gasteiger partial charge on any atom is 0.526 e. The first-order valence-electron chi connectivity index (χ1n) is 2.40. The first-order valence-corrected chi connectivity index (χ1v) is 3.77. The monoisotopic (exact) mass is 182 g/mol. The molecule has 0 spiro atoms. The summed E-state index contributed by atoms with van der Waals surface area (Å²) < 4.78 is 34.9. The minimum absolute atomic E-state index is 0.186. The lowest BCUT2D eigenvalue weighted by Crippen LogP contribution is -2.13. The maximum atomic E-state index is 10.2. The molecule has 0 saturated carbocycles. The maximum absolute atomic E-state index is 10.2. The van der Waals surface area contributed by atoms with Gasteiger partial charge in [-0.2, -0.15) is 8.42 Å². The largest absolute Gasteiger partial charge is 0.526 e. The third-order valence-corrected chi connectivity index (χ3v) is 0.839. The first kappa shape index (κ1) is 9.92. The summed E-state index contributed by atoms with van der Waals surface area (Å²) in [5, 5.41) is 0. The van der Waals surface area contributed by atoms with Gasteiger partial charge in [0.2, 0.25) is 0 Å². The highest BCUT2D eigenvalue weighted by atomic mass is 32.3. The van der Waals surface area contributed by atoms with Crippen molar-refractivity contribution in [1.82, 2.24) is 0 Å². The number of rotatable bonds is 3. The van der Waals surface area contributed by atoms with E-state index in [1.165, 1.54) is 6.08 Å². The number of carbonyl (C=O) groups is 1. The molecule has 0 fully saturated rings. The molecule has 0 aromatic heterocycles. The second-order valence-electron chi connectivity index (χ2n) is 1.36. The molecular weight excluding hydrogens is 176 g/mol. The summed E-state index contributed by atoms with van der Waals surface area (Å²) in [6, 6.07) is 0. The van der Waals surface area contributed by atoms with Crippen molar-refractivity contribution in [1.29, 1.82) is 0 Å². The Hall–Kier alpha value is -1.08. The summed E-state index contributed by atoms with van der Waals surface area (Å²) in [5.41, 5.74) is 0. The molecule has 0 aromatic rings. The van der Waals surface area contributed by atoms with Gasteiger partial charge in [-0.25, -0.2) is 4.79 Å². The average Bonchev–Trinajstić information content (AvgIpc) is 1.79. The highest BCUT2D eigenvalue weighted by Crippen LogP contribution is 1.91. The van der Waals surface area contributed by atoms with Gasteiger partial charge in [-0.1, -0.05) is 12.7 Å². The van der Waals surface area contributed by atoms with Crippen LogP contribution in [0.25, 0.3) is 0 Å². The van der Waals surface area contributed by atoms with E-state index < -0.39 is 16.6 Å². The van der Waals surface area contributed by atoms with E-state index in [9.17, 15) is 13.2 Å². The molecule has 0 aliphatic carbocycles. The lowest BCUT2D eigenvalue weighted by molar-refractivity contribution is 0.107. The minimum atomic E-state index is -4.76. The third-order valence-electron chi connectivity index (χ3n) is 0.492. The summed E-state index contributed by atoms with van der Waals surface area (Å²) >= 11 is 0. The van der Waals surface area contributed by atoms with E-state index >= 15 is 0 Å². The minimum Gasteiger partial charge on any atom is -0.429 e. The summed E-state index contributed by atoms with van der Waals surface area (Å²) in [7, 11) is -4.76. The molecule has 0 amide bonds. The molecule has 0 saturated heterocycles. The van der Waals surface area contributed by atoms with Crippen molar-refractivity contribution >= 4 is 16.6 Å². The molecule has 64 valence electrons. The van der Waals surface area contributed by atoms with Gasteiger partial charge >= 0.3 is 16.6 Å². The highest BCUT2D eigenvalue weighted by molar-refractivity contribution is 7.81. The van der Waals surface area contributed by atoms with E-state index in [1.807, 2.05) is 0 Å². The Morgan fingerprint density at radius 1 is 1.64 bits per heavy atom. The molecule has 0 aromatic carbocycles. The predicted octanol–water partition coefficient (Wildman–Crippen LogP) is 0.128. The quantitative estimate of drug-likeness (QED) is 0.379. The van der Waals surface area contributed by atoms with E-state index in [-0.39, 0.29) is 6.61 Å². The van der Waals surface area contributed by atoms with Crippen LogP contribution in [0.15, 0.2) is 12.7 Å². The standard InChI is InChI=1S/C4H6O6S/c1-2-3-9-4(5)10-11(6,7)8/h2H,1,3H2,(H,6,7,8). The zero-order valence-electron chi connectivity index (χ0n) is 5.39. The van der Waals surface area contributed by atoms with Crippen LogP contribution in [0, 0.1) is 0 Å². The molecule has 0 bridgehead atoms. The lowest BCUT2D eigenvalue weighted by atomic mass is 10.7. The van der Waals surface area contributed by atoms with Gasteiger partial charge in [0.15, 0.2) is 0 Å².